The molecular weight excluding hydrogens is 414 g/mol. The van der Waals surface area contributed by atoms with Crippen LogP contribution in [0.3, 0.4) is 0 Å². The van der Waals surface area contributed by atoms with E-state index in [1.165, 1.54) is 7.11 Å². The number of ether oxygens (including phenoxy) is 3. The zero-order valence-corrected chi connectivity index (χ0v) is 17.1. The molecule has 0 bridgehead atoms. The van der Waals surface area contributed by atoms with Crippen LogP contribution in [-0.2, 0) is 14.3 Å². The first-order valence-corrected chi connectivity index (χ1v) is 9.43. The second-order valence-electron chi connectivity index (χ2n) is 6.53. The molecule has 0 spiro atoms. The number of nitrogens with one attached hydrogen (secondary N) is 1. The number of halogens is 1. The van der Waals surface area contributed by atoms with Crippen LogP contribution >= 0.6 is 15.9 Å². The van der Waals surface area contributed by atoms with Gasteiger partial charge in [0.1, 0.15) is 5.92 Å². The van der Waals surface area contributed by atoms with Crippen LogP contribution in [0.5, 0.6) is 11.5 Å². The Morgan fingerprint density at radius 3 is 2.48 bits per heavy atom. The molecule has 0 fully saturated rings. The highest BCUT2D eigenvalue weighted by Crippen LogP contribution is 2.48. The molecule has 2 unspecified atom stereocenters. The maximum Gasteiger partial charge on any atom is 0.315 e. The number of hydrogen-bond donors (Lipinski definition) is 1. The van der Waals surface area contributed by atoms with E-state index in [1.807, 2.05) is 0 Å². The van der Waals surface area contributed by atoms with Crippen LogP contribution in [0.25, 0.3) is 0 Å². The van der Waals surface area contributed by atoms with E-state index in [-0.39, 0.29) is 5.78 Å². The lowest BCUT2D eigenvalue weighted by Gasteiger charge is -2.38. The molecule has 0 saturated heterocycles. The van der Waals surface area contributed by atoms with Crippen molar-refractivity contribution in [1.29, 1.82) is 0 Å². The Hall–Kier alpha value is -2.28. The van der Waals surface area contributed by atoms with Gasteiger partial charge in [-0.15, -0.1) is 0 Å². The van der Waals surface area contributed by atoms with Gasteiger partial charge in [-0.3, -0.25) is 9.59 Å². The Morgan fingerprint density at radius 2 is 1.85 bits per heavy atom. The van der Waals surface area contributed by atoms with E-state index in [0.717, 1.165) is 28.6 Å². The summed E-state index contributed by atoms with van der Waals surface area (Å²) in [7, 11) is 4.44. The Kier molecular flexibility index (Phi) is 5.60. The predicted octanol–water partition coefficient (Wildman–Crippen LogP) is 3.46. The lowest BCUT2D eigenvalue weighted by atomic mass is 9.71. The van der Waals surface area contributed by atoms with Gasteiger partial charge < -0.3 is 19.5 Å². The fourth-order valence-electron chi connectivity index (χ4n) is 3.84. The van der Waals surface area contributed by atoms with Crippen LogP contribution in [0.4, 0.5) is 0 Å². The topological polar surface area (TPSA) is 73.9 Å². The molecule has 1 N–H and O–H groups in total. The summed E-state index contributed by atoms with van der Waals surface area (Å²) >= 11 is 3.57. The van der Waals surface area contributed by atoms with Gasteiger partial charge in [0.25, 0.3) is 0 Å². The summed E-state index contributed by atoms with van der Waals surface area (Å²) in [5.41, 5.74) is 2.75. The van der Waals surface area contributed by atoms with Crippen molar-refractivity contribution >= 4 is 27.7 Å². The minimum absolute atomic E-state index is 0.0387. The summed E-state index contributed by atoms with van der Waals surface area (Å²) in [6.07, 6.45) is 1.98. The van der Waals surface area contributed by atoms with Gasteiger partial charge in [0.2, 0.25) is 0 Å². The van der Waals surface area contributed by atoms with Crippen LogP contribution in [-0.4, -0.2) is 33.1 Å². The lowest BCUT2D eigenvalue weighted by Crippen LogP contribution is -2.41. The monoisotopic (exact) mass is 435 g/mol. The predicted molar refractivity (Wildman–Crippen MR) is 104 cm³/mol. The van der Waals surface area contributed by atoms with E-state index in [9.17, 15) is 9.59 Å². The number of ketones is 1. The maximum absolute atomic E-state index is 12.8. The molecule has 2 atom stereocenters. The molecule has 27 heavy (non-hydrogen) atoms. The van der Waals surface area contributed by atoms with E-state index < -0.39 is 17.8 Å². The van der Waals surface area contributed by atoms with Crippen molar-refractivity contribution in [2.24, 2.45) is 5.92 Å². The highest BCUT2D eigenvalue weighted by Gasteiger charge is 2.44. The van der Waals surface area contributed by atoms with Crippen LogP contribution in [0, 0.1) is 5.92 Å². The molecule has 2 aliphatic rings. The molecule has 6 nitrogen and oxygen atoms in total. The number of esters is 1. The molecule has 7 heteroatoms. The third-order valence-corrected chi connectivity index (χ3v) is 5.77. The number of hydrogen-bond acceptors (Lipinski definition) is 6. The third-order valence-electron chi connectivity index (χ3n) is 5.08. The molecule has 0 radical (unpaired) electrons. The van der Waals surface area contributed by atoms with E-state index in [0.29, 0.717) is 29.2 Å². The van der Waals surface area contributed by atoms with Crippen molar-refractivity contribution < 1.29 is 23.8 Å². The fraction of sp³-hybridized carbons (Fsp3) is 0.400. The van der Waals surface area contributed by atoms with Crippen LogP contribution in [0.1, 0.15) is 30.7 Å². The molecule has 0 saturated carbocycles. The Morgan fingerprint density at radius 1 is 1.19 bits per heavy atom. The third kappa shape index (κ3) is 3.36. The highest BCUT2D eigenvalue weighted by molar-refractivity contribution is 9.10. The van der Waals surface area contributed by atoms with Crippen molar-refractivity contribution in [1.82, 2.24) is 5.32 Å². The van der Waals surface area contributed by atoms with Gasteiger partial charge in [-0.05, 0) is 30.5 Å². The summed E-state index contributed by atoms with van der Waals surface area (Å²) in [6.45, 7) is 4.03. The first-order chi connectivity index (χ1) is 12.9. The summed E-state index contributed by atoms with van der Waals surface area (Å²) < 4.78 is 16.5. The molecule has 1 aliphatic heterocycles. The second-order valence-corrected chi connectivity index (χ2v) is 7.38. The number of carbonyl (C=O) groups is 2. The van der Waals surface area contributed by atoms with Gasteiger partial charge in [0.05, 0.1) is 21.3 Å². The number of allylic oxidation sites excluding steroid dienone is 2. The standard InChI is InChI=1S/C20H22BrNO5/c1-10-17(20(24)27-4)18(19-13(22-10)6-5-7-14(19)23)11-8-15(25-2)16(26-3)9-12(11)21/h8-9,17-18,22H,1,5-7H2,2-4H3. The molecule has 1 aromatic carbocycles. The molecule has 0 aromatic heterocycles. The quantitative estimate of drug-likeness (QED) is 0.729. The Bertz CT molecular complexity index is 845. The molecule has 1 aromatic rings. The van der Waals surface area contributed by atoms with E-state index >= 15 is 0 Å². The van der Waals surface area contributed by atoms with Crippen molar-refractivity contribution in [3.63, 3.8) is 0 Å². The number of rotatable bonds is 4. The van der Waals surface area contributed by atoms with Gasteiger partial charge >= 0.3 is 5.97 Å². The normalized spacial score (nSPS) is 22.1. The number of carbonyl (C=O) groups excluding carboxylic acids is 2. The fourth-order valence-corrected chi connectivity index (χ4v) is 4.41. The number of benzene rings is 1. The molecule has 3 rings (SSSR count). The number of Topliss-reactive ketones (excluding diaryl/α,β-unsaturated/α-hetero) is 1. The first-order valence-electron chi connectivity index (χ1n) is 8.64. The summed E-state index contributed by atoms with van der Waals surface area (Å²) in [5.74, 6) is -0.553. The highest BCUT2D eigenvalue weighted by atomic mass is 79.9. The molecule has 1 aliphatic carbocycles. The summed E-state index contributed by atoms with van der Waals surface area (Å²) in [6, 6.07) is 3.58. The van der Waals surface area contributed by atoms with Gasteiger partial charge in [0.15, 0.2) is 17.3 Å². The van der Waals surface area contributed by atoms with Gasteiger partial charge in [-0.25, -0.2) is 0 Å². The Balaban J connectivity index is 2.25. The zero-order valence-electron chi connectivity index (χ0n) is 15.6. The largest absolute Gasteiger partial charge is 0.493 e. The summed E-state index contributed by atoms with van der Waals surface area (Å²) in [5, 5.41) is 3.18. The minimum atomic E-state index is -0.717. The van der Waals surface area contributed by atoms with Crippen molar-refractivity contribution in [2.75, 3.05) is 21.3 Å². The smallest absolute Gasteiger partial charge is 0.315 e. The number of methoxy groups -OCH3 is 3. The molecular formula is C20H22BrNO5. The van der Waals surface area contributed by atoms with E-state index in [2.05, 4.69) is 27.8 Å². The van der Waals surface area contributed by atoms with E-state index in [4.69, 9.17) is 14.2 Å². The van der Waals surface area contributed by atoms with Crippen LogP contribution in [0.15, 0.2) is 40.2 Å². The summed E-state index contributed by atoms with van der Waals surface area (Å²) in [4.78, 5) is 25.4. The van der Waals surface area contributed by atoms with Crippen molar-refractivity contribution in [3.05, 3.63) is 45.7 Å². The van der Waals surface area contributed by atoms with Crippen LogP contribution < -0.4 is 14.8 Å². The van der Waals surface area contributed by atoms with Gasteiger partial charge in [-0.2, -0.15) is 0 Å². The average Bonchev–Trinajstić information content (AvgIpc) is 2.66. The maximum atomic E-state index is 12.8. The second kappa shape index (κ2) is 7.76. The molecule has 144 valence electrons. The zero-order chi connectivity index (χ0) is 19.7. The molecule has 1 heterocycles. The first kappa shape index (κ1) is 19.5. The Labute approximate surface area is 166 Å². The van der Waals surface area contributed by atoms with Crippen LogP contribution in [0.2, 0.25) is 0 Å². The van der Waals surface area contributed by atoms with Crippen molar-refractivity contribution in [2.45, 2.75) is 25.2 Å². The SMILES string of the molecule is C=C1NC2=C(C(=O)CCC2)C(c2cc(OC)c(OC)cc2Br)C1C(=O)OC. The molecule has 0 amide bonds. The van der Waals surface area contributed by atoms with E-state index in [1.54, 1.807) is 26.4 Å². The lowest BCUT2D eigenvalue weighted by molar-refractivity contribution is -0.144. The minimum Gasteiger partial charge on any atom is -0.493 e. The van der Waals surface area contributed by atoms with Crippen molar-refractivity contribution in [3.8, 4) is 11.5 Å². The van der Waals surface area contributed by atoms with Gasteiger partial charge in [-0.1, -0.05) is 22.5 Å². The average molecular weight is 436 g/mol. The van der Waals surface area contributed by atoms with Gasteiger partial charge in [0, 0.05) is 33.8 Å².